The van der Waals surface area contributed by atoms with Gasteiger partial charge in [-0.05, 0) is 31.2 Å². The van der Waals surface area contributed by atoms with Gasteiger partial charge in [0.25, 0.3) is 5.91 Å². The summed E-state index contributed by atoms with van der Waals surface area (Å²) >= 11 is 0. The minimum Gasteiger partial charge on any atom is -0.373 e. The lowest BCUT2D eigenvalue weighted by atomic mass is 10.0. The Kier molecular flexibility index (Phi) is 4.63. The van der Waals surface area contributed by atoms with Crippen LogP contribution in [0.4, 0.5) is 13.2 Å². The zero-order chi connectivity index (χ0) is 22.6. The molecule has 5 rings (SSSR count). The number of halogens is 3. The molecule has 1 unspecified atom stereocenters. The van der Waals surface area contributed by atoms with Gasteiger partial charge in [0, 0.05) is 18.2 Å². The summed E-state index contributed by atoms with van der Waals surface area (Å²) in [5, 5.41) is 0. The van der Waals surface area contributed by atoms with E-state index in [1.807, 2.05) is 11.3 Å². The first kappa shape index (κ1) is 20.4. The van der Waals surface area contributed by atoms with Gasteiger partial charge in [0.1, 0.15) is 11.5 Å². The van der Waals surface area contributed by atoms with E-state index in [4.69, 9.17) is 4.74 Å². The van der Waals surface area contributed by atoms with E-state index in [9.17, 15) is 18.0 Å². The van der Waals surface area contributed by atoms with Crippen LogP contribution >= 0.6 is 0 Å². The molecule has 0 spiro atoms. The highest BCUT2D eigenvalue weighted by Gasteiger charge is 2.35. The van der Waals surface area contributed by atoms with Crippen LogP contribution in [0.5, 0.6) is 0 Å². The van der Waals surface area contributed by atoms with Crippen molar-refractivity contribution in [2.75, 3.05) is 13.7 Å². The van der Waals surface area contributed by atoms with Crippen LogP contribution in [-0.2, 0) is 17.5 Å². The second kappa shape index (κ2) is 7.27. The van der Waals surface area contributed by atoms with Gasteiger partial charge in [-0.25, -0.2) is 9.97 Å². The van der Waals surface area contributed by atoms with Crippen molar-refractivity contribution in [3.8, 4) is 0 Å². The molecule has 164 valence electrons. The Balaban J connectivity index is 1.51. The van der Waals surface area contributed by atoms with E-state index in [1.165, 1.54) is 11.0 Å². The number of aromatic nitrogens is 4. The van der Waals surface area contributed by atoms with Crippen molar-refractivity contribution in [2.24, 2.45) is 0 Å². The molecule has 0 radical (unpaired) electrons. The predicted molar refractivity (Wildman–Crippen MR) is 109 cm³/mol. The van der Waals surface area contributed by atoms with Crippen molar-refractivity contribution in [3.63, 3.8) is 0 Å². The topological polar surface area (TPSA) is 72.6 Å². The number of hydrogen-bond donors (Lipinski definition) is 0. The third kappa shape index (κ3) is 3.27. The standard InChI is InChI=1S/C22H18F3N5O2/c1-12-26-8-14-9-27-16-5-3-13(7-18(16)30(12)14)21(31)29(2)19-11-32-10-17-15(19)4-6-20(28-17)22(23,24)25/h3-9,19H,10-11H2,1-2H3. The number of pyridine rings is 1. The molecule has 4 aromatic rings. The molecule has 0 bridgehead atoms. The number of ether oxygens (including phenoxy) is 1. The van der Waals surface area contributed by atoms with Crippen LogP contribution in [0.2, 0.25) is 0 Å². The minimum absolute atomic E-state index is 0.0304. The molecule has 4 heterocycles. The van der Waals surface area contributed by atoms with Crippen LogP contribution in [-0.4, -0.2) is 43.8 Å². The van der Waals surface area contributed by atoms with Crippen LogP contribution in [0.25, 0.3) is 16.6 Å². The highest BCUT2D eigenvalue weighted by Crippen LogP contribution is 2.33. The van der Waals surface area contributed by atoms with Gasteiger partial charge in [0.05, 0.1) is 53.9 Å². The average Bonchev–Trinajstić information content (AvgIpc) is 3.17. The van der Waals surface area contributed by atoms with Crippen molar-refractivity contribution < 1.29 is 22.7 Å². The van der Waals surface area contributed by atoms with Gasteiger partial charge in [0.2, 0.25) is 0 Å². The Bertz CT molecular complexity index is 1370. The second-order valence-corrected chi connectivity index (χ2v) is 7.70. The van der Waals surface area contributed by atoms with E-state index in [1.54, 1.807) is 37.6 Å². The molecular formula is C22H18F3N5O2. The number of carbonyl (C=O) groups excluding carboxylic acids is 1. The number of fused-ring (bicyclic) bond motifs is 4. The number of carbonyl (C=O) groups is 1. The smallest absolute Gasteiger partial charge is 0.373 e. The first-order valence-electron chi connectivity index (χ1n) is 9.89. The van der Waals surface area contributed by atoms with Gasteiger partial charge < -0.3 is 9.64 Å². The Morgan fingerprint density at radius 2 is 1.97 bits per heavy atom. The lowest BCUT2D eigenvalue weighted by molar-refractivity contribution is -0.141. The highest BCUT2D eigenvalue weighted by molar-refractivity contribution is 5.97. The molecule has 0 aliphatic carbocycles. The molecule has 1 aliphatic rings. The molecule has 32 heavy (non-hydrogen) atoms. The van der Waals surface area contributed by atoms with Crippen LogP contribution in [0.3, 0.4) is 0 Å². The normalized spacial score (nSPS) is 16.3. The molecule has 1 aliphatic heterocycles. The largest absolute Gasteiger partial charge is 0.433 e. The summed E-state index contributed by atoms with van der Waals surface area (Å²) < 4.78 is 46.5. The third-order valence-electron chi connectivity index (χ3n) is 5.73. The monoisotopic (exact) mass is 441 g/mol. The fraction of sp³-hybridized carbons (Fsp3) is 0.273. The van der Waals surface area contributed by atoms with Gasteiger partial charge in [-0.3, -0.25) is 14.2 Å². The number of hydrogen-bond acceptors (Lipinski definition) is 5. The van der Waals surface area contributed by atoms with E-state index in [-0.39, 0.29) is 24.8 Å². The molecule has 1 aromatic carbocycles. The molecule has 0 saturated heterocycles. The van der Waals surface area contributed by atoms with Gasteiger partial charge in [-0.2, -0.15) is 13.2 Å². The van der Waals surface area contributed by atoms with E-state index in [0.717, 1.165) is 22.9 Å². The maximum atomic E-state index is 13.3. The summed E-state index contributed by atoms with van der Waals surface area (Å²) in [6.45, 7) is 2.01. The predicted octanol–water partition coefficient (Wildman–Crippen LogP) is 3.95. The third-order valence-corrected chi connectivity index (χ3v) is 5.73. The Hall–Kier alpha value is -3.53. The summed E-state index contributed by atoms with van der Waals surface area (Å²) in [5.74, 6) is 0.481. The van der Waals surface area contributed by atoms with Crippen molar-refractivity contribution in [2.45, 2.75) is 25.7 Å². The molecule has 1 atom stereocenters. The zero-order valence-corrected chi connectivity index (χ0v) is 17.2. The van der Waals surface area contributed by atoms with Gasteiger partial charge in [0.15, 0.2) is 0 Å². The lowest BCUT2D eigenvalue weighted by Crippen LogP contribution is -2.36. The number of amides is 1. The lowest BCUT2D eigenvalue weighted by Gasteiger charge is -2.33. The van der Waals surface area contributed by atoms with Crippen molar-refractivity contribution in [3.05, 3.63) is 71.1 Å². The van der Waals surface area contributed by atoms with Crippen molar-refractivity contribution in [1.29, 1.82) is 0 Å². The van der Waals surface area contributed by atoms with Gasteiger partial charge >= 0.3 is 6.18 Å². The van der Waals surface area contributed by atoms with Gasteiger partial charge in [-0.1, -0.05) is 6.07 Å². The maximum Gasteiger partial charge on any atom is 0.433 e. The first-order chi connectivity index (χ1) is 15.2. The van der Waals surface area contributed by atoms with E-state index in [0.29, 0.717) is 16.6 Å². The first-order valence-corrected chi connectivity index (χ1v) is 9.89. The fourth-order valence-electron chi connectivity index (χ4n) is 4.06. The SMILES string of the molecule is Cc1ncc2cnc3ccc(C(=O)N(C)C4COCc5nc(C(F)(F)F)ccc54)cc3n12. The van der Waals surface area contributed by atoms with E-state index >= 15 is 0 Å². The fourth-order valence-corrected chi connectivity index (χ4v) is 4.06. The summed E-state index contributed by atoms with van der Waals surface area (Å²) in [7, 11) is 1.61. The molecular weight excluding hydrogens is 423 g/mol. The molecule has 0 saturated carbocycles. The zero-order valence-electron chi connectivity index (χ0n) is 17.2. The molecule has 7 nitrogen and oxygen atoms in total. The number of benzene rings is 1. The Morgan fingerprint density at radius 3 is 2.75 bits per heavy atom. The summed E-state index contributed by atoms with van der Waals surface area (Å²) in [6, 6.07) is 6.96. The molecule has 10 heteroatoms. The molecule has 0 fully saturated rings. The summed E-state index contributed by atoms with van der Waals surface area (Å²) in [6.07, 6.45) is -1.12. The molecule has 0 N–H and O–H groups in total. The van der Waals surface area contributed by atoms with Crippen LogP contribution < -0.4 is 0 Å². The number of alkyl halides is 3. The van der Waals surface area contributed by atoms with Crippen LogP contribution in [0, 0.1) is 6.92 Å². The Morgan fingerprint density at radius 1 is 1.19 bits per heavy atom. The van der Waals surface area contributed by atoms with Crippen LogP contribution in [0.15, 0.2) is 42.7 Å². The van der Waals surface area contributed by atoms with Gasteiger partial charge in [-0.15, -0.1) is 0 Å². The molecule has 3 aromatic heterocycles. The number of imidazole rings is 1. The highest BCUT2D eigenvalue weighted by atomic mass is 19.4. The number of aryl methyl sites for hydroxylation is 1. The van der Waals surface area contributed by atoms with Crippen LogP contribution in [0.1, 0.15) is 39.2 Å². The number of rotatable bonds is 2. The summed E-state index contributed by atoms with van der Waals surface area (Å²) in [4.78, 5) is 27.2. The van der Waals surface area contributed by atoms with Crippen molar-refractivity contribution >= 4 is 22.5 Å². The minimum atomic E-state index is -4.54. The number of nitrogens with zero attached hydrogens (tertiary/aromatic N) is 5. The number of likely N-dealkylation sites (N-methyl/N-ethyl adjacent to an activating group) is 1. The molecule has 1 amide bonds. The van der Waals surface area contributed by atoms with Crippen molar-refractivity contribution in [1.82, 2.24) is 24.3 Å². The van der Waals surface area contributed by atoms with E-state index < -0.39 is 17.9 Å². The summed E-state index contributed by atoms with van der Waals surface area (Å²) in [5.41, 5.74) is 2.46. The average molecular weight is 441 g/mol. The van der Waals surface area contributed by atoms with E-state index in [2.05, 4.69) is 15.0 Å². The Labute approximate surface area is 180 Å². The quantitative estimate of drug-likeness (QED) is 0.471. The maximum absolute atomic E-state index is 13.3. The second-order valence-electron chi connectivity index (χ2n) is 7.70.